The van der Waals surface area contributed by atoms with E-state index in [4.69, 9.17) is 9.72 Å². The predicted molar refractivity (Wildman–Crippen MR) is 136 cm³/mol. The molecule has 2 aromatic carbocycles. The fourth-order valence-corrected chi connectivity index (χ4v) is 6.72. The number of amides is 1. The topological polar surface area (TPSA) is 83.1 Å². The molecule has 0 spiro atoms. The Balaban J connectivity index is 1.44. The number of aryl methyl sites for hydroxylation is 1. The molecule has 0 aliphatic carbocycles. The number of rotatable bonds is 7. The minimum absolute atomic E-state index is 0.0896. The van der Waals surface area contributed by atoms with Crippen molar-refractivity contribution in [3.8, 4) is 5.75 Å². The van der Waals surface area contributed by atoms with Gasteiger partial charge in [0, 0.05) is 44.8 Å². The molecule has 1 saturated heterocycles. The molecule has 0 N–H and O–H groups in total. The van der Waals surface area contributed by atoms with Crippen LogP contribution in [-0.2, 0) is 10.0 Å². The maximum absolute atomic E-state index is 13.0. The van der Waals surface area contributed by atoms with Gasteiger partial charge in [0.2, 0.25) is 10.0 Å². The third kappa shape index (κ3) is 4.49. The molecule has 182 valence electrons. The van der Waals surface area contributed by atoms with Crippen LogP contribution in [0.25, 0.3) is 10.2 Å². The first kappa shape index (κ1) is 24.4. The van der Waals surface area contributed by atoms with E-state index in [0.29, 0.717) is 44.8 Å². The molecular weight excluding hydrogens is 472 g/mol. The van der Waals surface area contributed by atoms with Gasteiger partial charge in [-0.1, -0.05) is 31.3 Å². The van der Waals surface area contributed by atoms with E-state index >= 15 is 0 Å². The van der Waals surface area contributed by atoms with Crippen LogP contribution in [0.4, 0.5) is 5.13 Å². The van der Waals surface area contributed by atoms with Gasteiger partial charge in [0.25, 0.3) is 5.91 Å². The number of ether oxygens (including phenoxy) is 1. The first-order valence-electron chi connectivity index (χ1n) is 11.4. The van der Waals surface area contributed by atoms with Crippen LogP contribution < -0.4 is 9.64 Å². The molecule has 0 radical (unpaired) electrons. The van der Waals surface area contributed by atoms with Crippen LogP contribution >= 0.6 is 11.3 Å². The molecule has 1 fully saturated rings. The number of sulfonamides is 1. The van der Waals surface area contributed by atoms with E-state index in [2.05, 4.69) is 11.8 Å². The van der Waals surface area contributed by atoms with Crippen LogP contribution in [-0.4, -0.2) is 74.9 Å². The van der Waals surface area contributed by atoms with Gasteiger partial charge in [-0.15, -0.1) is 0 Å². The Labute approximate surface area is 204 Å². The summed E-state index contributed by atoms with van der Waals surface area (Å²) in [5.41, 5.74) is 2.54. The first-order valence-corrected chi connectivity index (χ1v) is 13.6. The van der Waals surface area contributed by atoms with Gasteiger partial charge in [-0.25, -0.2) is 13.4 Å². The number of hydrogen-bond donors (Lipinski definition) is 0. The zero-order valence-electron chi connectivity index (χ0n) is 19.9. The Morgan fingerprint density at radius 2 is 1.71 bits per heavy atom. The molecule has 1 aliphatic rings. The van der Waals surface area contributed by atoms with Gasteiger partial charge < -0.3 is 14.5 Å². The van der Waals surface area contributed by atoms with E-state index in [9.17, 15) is 13.2 Å². The van der Waals surface area contributed by atoms with Crippen LogP contribution in [0.15, 0.2) is 41.3 Å². The summed E-state index contributed by atoms with van der Waals surface area (Å²) in [6.07, 6.45) is 0. The average molecular weight is 503 g/mol. The number of fused-ring (bicyclic) bond motifs is 1. The summed E-state index contributed by atoms with van der Waals surface area (Å²) in [4.78, 5) is 22.1. The van der Waals surface area contributed by atoms with Crippen LogP contribution in [0.3, 0.4) is 0 Å². The van der Waals surface area contributed by atoms with Crippen LogP contribution in [0.1, 0.15) is 29.8 Å². The minimum Gasteiger partial charge on any atom is -0.494 e. The Morgan fingerprint density at radius 1 is 1.06 bits per heavy atom. The molecular formula is C24H30N4O4S2. The Hall–Kier alpha value is -2.69. The van der Waals surface area contributed by atoms with Crippen molar-refractivity contribution in [2.75, 3.05) is 51.3 Å². The number of aromatic nitrogens is 1. The summed E-state index contributed by atoms with van der Waals surface area (Å²) >= 11 is 1.65. The fourth-order valence-electron chi connectivity index (χ4n) is 4.16. The monoisotopic (exact) mass is 502 g/mol. The van der Waals surface area contributed by atoms with Gasteiger partial charge in [0.05, 0.1) is 16.7 Å². The fraction of sp³-hybridized carbons (Fsp3) is 0.417. The lowest BCUT2D eigenvalue weighted by molar-refractivity contribution is 0.0746. The number of hydrogen-bond acceptors (Lipinski definition) is 7. The van der Waals surface area contributed by atoms with Gasteiger partial charge in [0.15, 0.2) is 5.13 Å². The minimum atomic E-state index is -3.54. The van der Waals surface area contributed by atoms with Crippen molar-refractivity contribution in [2.24, 2.45) is 0 Å². The summed E-state index contributed by atoms with van der Waals surface area (Å²) < 4.78 is 33.4. The highest BCUT2D eigenvalue weighted by atomic mass is 32.2. The van der Waals surface area contributed by atoms with Gasteiger partial charge in [-0.05, 0) is 42.8 Å². The molecule has 4 rings (SSSR count). The number of piperazine rings is 1. The second-order valence-electron chi connectivity index (χ2n) is 8.15. The number of nitrogens with zero attached hydrogens (tertiary/aromatic N) is 4. The van der Waals surface area contributed by atoms with Crippen molar-refractivity contribution in [2.45, 2.75) is 25.7 Å². The second-order valence-corrected chi connectivity index (χ2v) is 11.1. The lowest BCUT2D eigenvalue weighted by Gasteiger charge is -2.34. The van der Waals surface area contributed by atoms with E-state index in [1.54, 1.807) is 30.6 Å². The summed E-state index contributed by atoms with van der Waals surface area (Å²) in [5.74, 6) is 0.677. The van der Waals surface area contributed by atoms with E-state index in [1.807, 2.05) is 30.9 Å². The summed E-state index contributed by atoms with van der Waals surface area (Å²) in [6.45, 7) is 9.01. The summed E-state index contributed by atoms with van der Waals surface area (Å²) in [5, 5.41) is 0.931. The van der Waals surface area contributed by atoms with Gasteiger partial charge in [0.1, 0.15) is 11.3 Å². The van der Waals surface area contributed by atoms with Gasteiger partial charge >= 0.3 is 0 Å². The highest BCUT2D eigenvalue weighted by Crippen LogP contribution is 2.36. The maximum atomic E-state index is 13.0. The van der Waals surface area contributed by atoms with Crippen molar-refractivity contribution < 1.29 is 17.9 Å². The normalized spacial score (nSPS) is 14.7. The molecule has 8 nitrogen and oxygen atoms in total. The summed E-state index contributed by atoms with van der Waals surface area (Å²) in [7, 11) is -1.89. The van der Waals surface area contributed by atoms with Crippen molar-refractivity contribution in [1.29, 1.82) is 0 Å². The largest absolute Gasteiger partial charge is 0.494 e. The molecule has 1 aromatic heterocycles. The Bertz CT molecular complexity index is 1280. The standard InChI is InChI=1S/C24H30N4O4S2/c1-5-28(6-2)34(30,31)19-10-8-18(9-11-19)23(29)26-13-15-27(16-14-26)24-25-21-20(32-4)12-7-17(3)22(21)33-24/h7-12H,5-6,13-16H2,1-4H3. The third-order valence-electron chi connectivity index (χ3n) is 6.19. The number of anilines is 1. The quantitative estimate of drug-likeness (QED) is 0.491. The SMILES string of the molecule is CCN(CC)S(=O)(=O)c1ccc(C(=O)N2CCN(c3nc4c(OC)ccc(C)c4s3)CC2)cc1. The van der Waals surface area contributed by atoms with Crippen molar-refractivity contribution in [3.63, 3.8) is 0 Å². The van der Waals surface area contributed by atoms with Gasteiger partial charge in [-0.2, -0.15) is 4.31 Å². The highest BCUT2D eigenvalue weighted by Gasteiger charge is 2.26. The number of carbonyl (C=O) groups is 1. The van der Waals surface area contributed by atoms with Crippen molar-refractivity contribution >= 4 is 42.6 Å². The van der Waals surface area contributed by atoms with Gasteiger partial charge in [-0.3, -0.25) is 4.79 Å². The summed E-state index contributed by atoms with van der Waals surface area (Å²) in [6, 6.07) is 10.2. The zero-order valence-corrected chi connectivity index (χ0v) is 21.6. The number of methoxy groups -OCH3 is 1. The smallest absolute Gasteiger partial charge is 0.253 e. The first-order chi connectivity index (χ1) is 16.3. The Morgan fingerprint density at radius 3 is 2.29 bits per heavy atom. The maximum Gasteiger partial charge on any atom is 0.253 e. The third-order valence-corrected chi connectivity index (χ3v) is 9.51. The van der Waals surface area contributed by atoms with Crippen molar-refractivity contribution in [3.05, 3.63) is 47.5 Å². The number of benzene rings is 2. The molecule has 10 heteroatoms. The second kappa shape index (κ2) is 9.89. The molecule has 0 bridgehead atoms. The van der Waals surface area contributed by atoms with E-state index in [-0.39, 0.29) is 10.8 Å². The molecule has 2 heterocycles. The molecule has 34 heavy (non-hydrogen) atoms. The average Bonchev–Trinajstić information content (AvgIpc) is 3.31. The van der Waals surface area contributed by atoms with E-state index in [1.165, 1.54) is 22.0 Å². The highest BCUT2D eigenvalue weighted by molar-refractivity contribution is 7.89. The molecule has 3 aromatic rings. The lowest BCUT2D eigenvalue weighted by atomic mass is 10.2. The van der Waals surface area contributed by atoms with Crippen LogP contribution in [0, 0.1) is 6.92 Å². The van der Waals surface area contributed by atoms with Crippen molar-refractivity contribution in [1.82, 2.24) is 14.2 Å². The zero-order chi connectivity index (χ0) is 24.5. The Kier molecular flexibility index (Phi) is 7.11. The predicted octanol–water partition coefficient (Wildman–Crippen LogP) is 3.61. The lowest BCUT2D eigenvalue weighted by Crippen LogP contribution is -2.48. The number of thiazole rings is 1. The molecule has 1 amide bonds. The number of carbonyl (C=O) groups excluding carboxylic acids is 1. The molecule has 1 aliphatic heterocycles. The molecule has 0 saturated carbocycles. The molecule has 0 unspecified atom stereocenters. The van der Waals surface area contributed by atoms with E-state index in [0.717, 1.165) is 21.1 Å². The van der Waals surface area contributed by atoms with Crippen LogP contribution in [0.5, 0.6) is 5.75 Å². The molecule has 0 atom stereocenters. The van der Waals surface area contributed by atoms with E-state index < -0.39 is 10.0 Å². The van der Waals surface area contributed by atoms with Crippen LogP contribution in [0.2, 0.25) is 0 Å².